The zero-order chi connectivity index (χ0) is 13.8. The molecule has 19 heavy (non-hydrogen) atoms. The monoisotopic (exact) mass is 327 g/mol. The summed E-state index contributed by atoms with van der Waals surface area (Å²) in [4.78, 5) is 4.10. The third kappa shape index (κ3) is 3.41. The van der Waals surface area contributed by atoms with Crippen LogP contribution in [0.1, 0.15) is 6.92 Å². The summed E-state index contributed by atoms with van der Waals surface area (Å²) in [7, 11) is 0. The maximum absolute atomic E-state index is 13.7. The van der Waals surface area contributed by atoms with Gasteiger partial charge in [-0.3, -0.25) is 0 Å². The second-order valence-electron chi connectivity index (χ2n) is 3.83. The second kappa shape index (κ2) is 5.97. The van der Waals surface area contributed by atoms with E-state index in [1.807, 2.05) is 6.92 Å². The van der Waals surface area contributed by atoms with Gasteiger partial charge in [0.05, 0.1) is 10.2 Å². The Balaban J connectivity index is 2.25. The van der Waals surface area contributed by atoms with Crippen LogP contribution in [0.25, 0.3) is 0 Å². The van der Waals surface area contributed by atoms with Gasteiger partial charge in [0, 0.05) is 30.6 Å². The fourth-order valence-corrected chi connectivity index (χ4v) is 1.88. The largest absolute Gasteiger partial charge is 0.370 e. The number of benzene rings is 1. The van der Waals surface area contributed by atoms with Gasteiger partial charge < -0.3 is 10.6 Å². The Hall–Kier alpha value is -1.69. The van der Waals surface area contributed by atoms with Crippen LogP contribution in [0.3, 0.4) is 0 Å². The van der Waals surface area contributed by atoms with Gasteiger partial charge in [-0.25, -0.2) is 13.8 Å². The predicted molar refractivity (Wildman–Crippen MR) is 75.7 cm³/mol. The minimum absolute atomic E-state index is 0.0781. The summed E-state index contributed by atoms with van der Waals surface area (Å²) in [6, 6.07) is 5.60. The van der Waals surface area contributed by atoms with Gasteiger partial charge in [-0.15, -0.1) is 0 Å². The average Bonchev–Trinajstić information content (AvgIpc) is 2.37. The lowest BCUT2D eigenvalue weighted by atomic mass is 10.2. The quantitative estimate of drug-likeness (QED) is 0.822. The molecule has 100 valence electrons. The van der Waals surface area contributed by atoms with Gasteiger partial charge in [0.25, 0.3) is 0 Å². The van der Waals surface area contributed by atoms with Gasteiger partial charge in [0.15, 0.2) is 0 Å². The third-order valence-corrected chi connectivity index (χ3v) is 3.01. The highest BCUT2D eigenvalue weighted by molar-refractivity contribution is 9.10. The Morgan fingerprint density at radius 1 is 1.21 bits per heavy atom. The number of rotatable bonds is 4. The van der Waals surface area contributed by atoms with Gasteiger partial charge >= 0.3 is 0 Å². The van der Waals surface area contributed by atoms with E-state index in [2.05, 4.69) is 31.5 Å². The fourth-order valence-electron chi connectivity index (χ4n) is 1.56. The summed E-state index contributed by atoms with van der Waals surface area (Å²) < 4.78 is 27.2. The normalized spacial score (nSPS) is 10.3. The molecule has 1 aromatic heterocycles. The van der Waals surface area contributed by atoms with Crippen LogP contribution in [0.5, 0.6) is 0 Å². The third-order valence-electron chi connectivity index (χ3n) is 2.41. The zero-order valence-corrected chi connectivity index (χ0v) is 11.8. The van der Waals surface area contributed by atoms with E-state index >= 15 is 0 Å². The fraction of sp³-hybridized carbons (Fsp3) is 0.154. The maximum Gasteiger partial charge on any atom is 0.147 e. The molecule has 0 atom stereocenters. The molecule has 0 aliphatic rings. The van der Waals surface area contributed by atoms with E-state index in [9.17, 15) is 8.78 Å². The summed E-state index contributed by atoms with van der Waals surface area (Å²) in [5, 5.41) is 5.87. The summed E-state index contributed by atoms with van der Waals surface area (Å²) in [5.74, 6) is -0.384. The van der Waals surface area contributed by atoms with E-state index in [4.69, 9.17) is 0 Å². The standard InChI is InChI=1S/C13H12BrF2N3/c1-2-17-13-5-8(3-4-18-13)19-12-7-10(15)9(14)6-11(12)16/h3-7H,2H2,1H3,(H2,17,18,19). The Morgan fingerprint density at radius 2 is 2.00 bits per heavy atom. The maximum atomic E-state index is 13.7. The highest BCUT2D eigenvalue weighted by Gasteiger charge is 2.08. The topological polar surface area (TPSA) is 37.0 Å². The summed E-state index contributed by atoms with van der Waals surface area (Å²) in [5.41, 5.74) is 0.709. The van der Waals surface area contributed by atoms with Gasteiger partial charge in [-0.1, -0.05) is 0 Å². The Bertz CT molecular complexity index is 590. The van der Waals surface area contributed by atoms with Crippen LogP contribution >= 0.6 is 15.9 Å². The molecule has 0 spiro atoms. The summed E-state index contributed by atoms with van der Waals surface area (Å²) >= 11 is 2.93. The van der Waals surface area contributed by atoms with Crippen LogP contribution in [0.15, 0.2) is 34.9 Å². The first kappa shape index (κ1) is 13.7. The minimum atomic E-state index is -0.532. The van der Waals surface area contributed by atoms with Crippen molar-refractivity contribution in [3.8, 4) is 0 Å². The van der Waals surface area contributed by atoms with Crippen molar-refractivity contribution in [3.05, 3.63) is 46.6 Å². The molecule has 2 rings (SSSR count). The first-order valence-corrected chi connectivity index (χ1v) is 6.51. The average molecular weight is 328 g/mol. The second-order valence-corrected chi connectivity index (χ2v) is 4.69. The van der Waals surface area contributed by atoms with Crippen LogP contribution in [-0.2, 0) is 0 Å². The molecule has 2 N–H and O–H groups in total. The molecule has 0 bridgehead atoms. The Kier molecular flexibility index (Phi) is 4.31. The van der Waals surface area contributed by atoms with E-state index in [0.717, 1.165) is 18.7 Å². The van der Waals surface area contributed by atoms with Crippen molar-refractivity contribution in [1.29, 1.82) is 0 Å². The molecule has 3 nitrogen and oxygen atoms in total. The van der Waals surface area contributed by atoms with E-state index in [0.29, 0.717) is 11.5 Å². The van der Waals surface area contributed by atoms with Crippen molar-refractivity contribution in [1.82, 2.24) is 4.98 Å². The van der Waals surface area contributed by atoms with Crippen molar-refractivity contribution in [2.45, 2.75) is 6.92 Å². The Labute approximate surface area is 118 Å². The number of halogens is 3. The number of hydrogen-bond donors (Lipinski definition) is 2. The van der Waals surface area contributed by atoms with E-state index in [1.54, 1.807) is 18.3 Å². The molecule has 0 fully saturated rings. The molecular weight excluding hydrogens is 316 g/mol. The predicted octanol–water partition coefficient (Wildman–Crippen LogP) is 4.30. The zero-order valence-electron chi connectivity index (χ0n) is 10.2. The molecule has 6 heteroatoms. The van der Waals surface area contributed by atoms with E-state index in [1.165, 1.54) is 0 Å². The molecule has 0 unspecified atom stereocenters. The number of pyridine rings is 1. The smallest absolute Gasteiger partial charge is 0.147 e. The van der Waals surface area contributed by atoms with Crippen molar-refractivity contribution in [3.63, 3.8) is 0 Å². The van der Waals surface area contributed by atoms with E-state index < -0.39 is 11.6 Å². The molecule has 0 radical (unpaired) electrons. The van der Waals surface area contributed by atoms with E-state index in [-0.39, 0.29) is 10.2 Å². The van der Waals surface area contributed by atoms with Gasteiger partial charge in [-0.2, -0.15) is 0 Å². The molecule has 0 aliphatic heterocycles. The Morgan fingerprint density at radius 3 is 2.74 bits per heavy atom. The van der Waals surface area contributed by atoms with Gasteiger partial charge in [-0.05, 0) is 35.0 Å². The van der Waals surface area contributed by atoms with Gasteiger partial charge in [0.1, 0.15) is 17.5 Å². The lowest BCUT2D eigenvalue weighted by molar-refractivity contribution is 0.598. The van der Waals surface area contributed by atoms with Crippen molar-refractivity contribution in [2.24, 2.45) is 0 Å². The lowest BCUT2D eigenvalue weighted by Gasteiger charge is -2.10. The molecule has 1 heterocycles. The molecule has 0 saturated carbocycles. The number of hydrogen-bond acceptors (Lipinski definition) is 3. The van der Waals surface area contributed by atoms with Crippen LogP contribution in [-0.4, -0.2) is 11.5 Å². The highest BCUT2D eigenvalue weighted by atomic mass is 79.9. The van der Waals surface area contributed by atoms with Crippen LogP contribution in [0.2, 0.25) is 0 Å². The van der Waals surface area contributed by atoms with Crippen molar-refractivity contribution in [2.75, 3.05) is 17.2 Å². The van der Waals surface area contributed by atoms with Crippen molar-refractivity contribution >= 4 is 33.1 Å². The molecule has 1 aromatic carbocycles. The molecule has 2 aromatic rings. The molecular formula is C13H12BrF2N3. The van der Waals surface area contributed by atoms with Crippen LogP contribution in [0, 0.1) is 11.6 Å². The first-order chi connectivity index (χ1) is 9.10. The number of nitrogens with one attached hydrogen (secondary N) is 2. The van der Waals surface area contributed by atoms with Crippen LogP contribution < -0.4 is 10.6 Å². The number of aromatic nitrogens is 1. The minimum Gasteiger partial charge on any atom is -0.370 e. The van der Waals surface area contributed by atoms with Crippen molar-refractivity contribution < 1.29 is 8.78 Å². The number of anilines is 3. The SMILES string of the molecule is CCNc1cc(Nc2cc(F)c(Br)cc2F)ccn1. The number of nitrogens with zero attached hydrogens (tertiary/aromatic N) is 1. The molecule has 0 amide bonds. The molecule has 0 aliphatic carbocycles. The van der Waals surface area contributed by atoms with Gasteiger partial charge in [0.2, 0.25) is 0 Å². The first-order valence-electron chi connectivity index (χ1n) is 5.71. The summed E-state index contributed by atoms with van der Waals surface area (Å²) in [6.45, 7) is 2.68. The van der Waals surface area contributed by atoms with Crippen LogP contribution in [0.4, 0.5) is 26.0 Å². The summed E-state index contributed by atoms with van der Waals surface area (Å²) in [6.07, 6.45) is 1.59. The highest BCUT2D eigenvalue weighted by Crippen LogP contribution is 2.26. The lowest BCUT2D eigenvalue weighted by Crippen LogP contribution is -2.01. The molecule has 0 saturated heterocycles.